The molecule has 1 heterocycles. The second-order valence-corrected chi connectivity index (χ2v) is 2.43. The molecule has 0 aliphatic carbocycles. The topological polar surface area (TPSA) is 108 Å². The maximum atomic E-state index is 11.3. The van der Waals surface area contributed by atoms with Gasteiger partial charge in [-0.3, -0.25) is 20.2 Å². The summed E-state index contributed by atoms with van der Waals surface area (Å²) in [7, 11) is 0. The van der Waals surface area contributed by atoms with Crippen molar-refractivity contribution in [2.45, 2.75) is 0 Å². The number of aromatic nitrogens is 2. The summed E-state index contributed by atoms with van der Waals surface area (Å²) in [6.45, 7) is 0.0476. The van der Waals surface area contributed by atoms with Crippen molar-refractivity contribution >= 4 is 5.91 Å². The SMILES string of the molecule is O=C(NCCON(O)O)c1cnccn1. The number of carbonyl (C=O) groups excluding carboxylic acids is 1. The lowest BCUT2D eigenvalue weighted by Gasteiger charge is -2.06. The first-order valence-electron chi connectivity index (χ1n) is 4.05. The Morgan fingerprint density at radius 1 is 1.53 bits per heavy atom. The van der Waals surface area contributed by atoms with Crippen LogP contribution >= 0.6 is 0 Å². The number of hydrogen-bond acceptors (Lipinski definition) is 7. The molecular weight excluding hydrogens is 204 g/mol. The largest absolute Gasteiger partial charge is 0.348 e. The van der Waals surface area contributed by atoms with Crippen LogP contribution in [-0.4, -0.2) is 44.8 Å². The van der Waals surface area contributed by atoms with Crippen LogP contribution in [0.25, 0.3) is 0 Å². The highest BCUT2D eigenvalue weighted by atomic mass is 17.1. The van der Waals surface area contributed by atoms with Crippen molar-refractivity contribution in [3.63, 3.8) is 0 Å². The van der Waals surface area contributed by atoms with Gasteiger partial charge < -0.3 is 5.32 Å². The van der Waals surface area contributed by atoms with E-state index in [9.17, 15) is 4.79 Å². The van der Waals surface area contributed by atoms with Crippen LogP contribution in [0.3, 0.4) is 0 Å². The van der Waals surface area contributed by atoms with Crippen LogP contribution in [0.1, 0.15) is 10.5 Å². The van der Waals surface area contributed by atoms with Gasteiger partial charge >= 0.3 is 0 Å². The number of rotatable bonds is 5. The molecule has 0 aliphatic heterocycles. The zero-order valence-electron chi connectivity index (χ0n) is 7.70. The van der Waals surface area contributed by atoms with Gasteiger partial charge in [-0.1, -0.05) is 0 Å². The molecule has 0 bridgehead atoms. The molecular formula is C7H10N4O4. The molecule has 0 aromatic carbocycles. The van der Waals surface area contributed by atoms with Crippen LogP contribution in [0.4, 0.5) is 0 Å². The molecule has 1 aromatic rings. The number of nitrogens with zero attached hydrogens (tertiary/aromatic N) is 3. The molecule has 3 N–H and O–H groups in total. The van der Waals surface area contributed by atoms with E-state index < -0.39 is 11.3 Å². The summed E-state index contributed by atoms with van der Waals surface area (Å²) in [5.41, 5.74) is 0.183. The average Bonchev–Trinajstić information content (AvgIpc) is 2.25. The van der Waals surface area contributed by atoms with Gasteiger partial charge in [0.15, 0.2) is 0 Å². The van der Waals surface area contributed by atoms with Gasteiger partial charge in [-0.05, 0) is 0 Å². The van der Waals surface area contributed by atoms with Crippen molar-refractivity contribution in [1.82, 2.24) is 20.7 Å². The van der Waals surface area contributed by atoms with Crippen molar-refractivity contribution in [1.29, 1.82) is 0 Å². The van der Waals surface area contributed by atoms with E-state index in [1.165, 1.54) is 18.6 Å². The van der Waals surface area contributed by atoms with Crippen LogP contribution < -0.4 is 5.32 Å². The van der Waals surface area contributed by atoms with Gasteiger partial charge in [0, 0.05) is 18.9 Å². The lowest BCUT2D eigenvalue weighted by molar-refractivity contribution is -0.491. The fourth-order valence-electron chi connectivity index (χ4n) is 0.799. The Labute approximate surface area is 85.0 Å². The van der Waals surface area contributed by atoms with E-state index in [-0.39, 0.29) is 18.8 Å². The molecule has 0 fully saturated rings. The summed E-state index contributed by atoms with van der Waals surface area (Å²) in [5.74, 6) is -0.408. The summed E-state index contributed by atoms with van der Waals surface area (Å²) in [5, 5.41) is 18.3. The van der Waals surface area contributed by atoms with E-state index in [4.69, 9.17) is 10.4 Å². The predicted octanol–water partition coefficient (Wildman–Crippen LogP) is -0.782. The van der Waals surface area contributed by atoms with Gasteiger partial charge in [0.25, 0.3) is 5.91 Å². The Morgan fingerprint density at radius 3 is 2.93 bits per heavy atom. The first kappa shape index (κ1) is 11.5. The Hall–Kier alpha value is -1.61. The molecule has 15 heavy (non-hydrogen) atoms. The Bertz CT molecular complexity index is 305. The van der Waals surface area contributed by atoms with Crippen LogP contribution in [0.5, 0.6) is 0 Å². The minimum absolute atomic E-state index is 0.0704. The summed E-state index contributed by atoms with van der Waals surface area (Å²) < 4.78 is 0. The second-order valence-electron chi connectivity index (χ2n) is 2.43. The maximum Gasteiger partial charge on any atom is 0.271 e. The molecule has 82 valence electrons. The number of amides is 1. The van der Waals surface area contributed by atoms with Crippen molar-refractivity contribution in [3.05, 3.63) is 24.3 Å². The minimum Gasteiger partial charge on any atom is -0.348 e. The lowest BCUT2D eigenvalue weighted by atomic mass is 10.4. The lowest BCUT2D eigenvalue weighted by Crippen LogP contribution is -2.30. The van der Waals surface area contributed by atoms with Crippen LogP contribution in [0, 0.1) is 0 Å². The van der Waals surface area contributed by atoms with Crippen LogP contribution in [0.2, 0.25) is 0 Å². The van der Waals surface area contributed by atoms with E-state index >= 15 is 0 Å². The highest BCUT2D eigenvalue weighted by Crippen LogP contribution is 1.88. The van der Waals surface area contributed by atoms with E-state index in [0.29, 0.717) is 0 Å². The van der Waals surface area contributed by atoms with Gasteiger partial charge in [0.05, 0.1) is 18.2 Å². The third kappa shape index (κ3) is 4.42. The number of carbonyl (C=O) groups is 1. The maximum absolute atomic E-state index is 11.3. The predicted molar refractivity (Wildman–Crippen MR) is 45.7 cm³/mol. The monoisotopic (exact) mass is 214 g/mol. The Kier molecular flexibility index (Phi) is 4.57. The van der Waals surface area contributed by atoms with Crippen molar-refractivity contribution in [2.24, 2.45) is 0 Å². The normalized spacial score (nSPS) is 10.3. The van der Waals surface area contributed by atoms with Crippen LogP contribution in [-0.2, 0) is 4.84 Å². The van der Waals surface area contributed by atoms with Crippen LogP contribution in [0.15, 0.2) is 18.6 Å². The fraction of sp³-hybridized carbons (Fsp3) is 0.286. The standard InChI is InChI=1S/C7H10N4O4/c12-7(6-5-8-1-2-9-6)10-3-4-15-11(13)14/h1-2,5,13-14H,3-4H2,(H,10,12). The first-order chi connectivity index (χ1) is 7.20. The van der Waals surface area contributed by atoms with Gasteiger partial charge in [0.2, 0.25) is 0 Å². The van der Waals surface area contributed by atoms with E-state index in [1.54, 1.807) is 0 Å². The molecule has 8 heteroatoms. The van der Waals surface area contributed by atoms with Gasteiger partial charge in [-0.2, -0.15) is 0 Å². The third-order valence-corrected chi connectivity index (χ3v) is 1.39. The van der Waals surface area contributed by atoms with E-state index in [2.05, 4.69) is 20.1 Å². The van der Waals surface area contributed by atoms with Gasteiger partial charge in [-0.15, -0.1) is 0 Å². The smallest absolute Gasteiger partial charge is 0.271 e. The summed E-state index contributed by atoms with van der Waals surface area (Å²) >= 11 is 0. The zero-order chi connectivity index (χ0) is 11.1. The molecule has 0 saturated carbocycles. The van der Waals surface area contributed by atoms with E-state index in [0.717, 1.165) is 0 Å². The first-order valence-corrected chi connectivity index (χ1v) is 4.05. The van der Waals surface area contributed by atoms with Gasteiger partial charge in [0.1, 0.15) is 5.69 Å². The second kappa shape index (κ2) is 5.98. The molecule has 0 radical (unpaired) electrons. The highest BCUT2D eigenvalue weighted by molar-refractivity contribution is 5.91. The quantitative estimate of drug-likeness (QED) is 0.435. The zero-order valence-corrected chi connectivity index (χ0v) is 7.70. The average molecular weight is 214 g/mol. The molecule has 1 amide bonds. The minimum atomic E-state index is -0.422. The molecule has 8 nitrogen and oxygen atoms in total. The summed E-state index contributed by atoms with van der Waals surface area (Å²) in [6, 6.07) is 0. The summed E-state index contributed by atoms with van der Waals surface area (Å²) in [4.78, 5) is 23.0. The fourth-order valence-corrected chi connectivity index (χ4v) is 0.799. The third-order valence-electron chi connectivity index (χ3n) is 1.39. The van der Waals surface area contributed by atoms with E-state index in [1.807, 2.05) is 0 Å². The number of hydrogen-bond donors (Lipinski definition) is 3. The molecule has 0 aliphatic rings. The van der Waals surface area contributed by atoms with Crippen molar-refractivity contribution in [2.75, 3.05) is 13.2 Å². The van der Waals surface area contributed by atoms with Gasteiger partial charge in [-0.25, -0.2) is 9.82 Å². The molecule has 0 atom stereocenters. The Balaban J connectivity index is 2.25. The van der Waals surface area contributed by atoms with Crippen molar-refractivity contribution in [3.8, 4) is 0 Å². The number of nitrogens with one attached hydrogen (secondary N) is 1. The Morgan fingerprint density at radius 2 is 2.33 bits per heavy atom. The molecule has 0 spiro atoms. The molecule has 0 unspecified atom stereocenters. The molecule has 1 rings (SSSR count). The molecule has 0 saturated heterocycles. The van der Waals surface area contributed by atoms with Crippen molar-refractivity contribution < 1.29 is 20.0 Å². The molecule has 1 aromatic heterocycles. The highest BCUT2D eigenvalue weighted by Gasteiger charge is 2.05. The summed E-state index contributed by atoms with van der Waals surface area (Å²) in [6.07, 6.45) is 4.17.